The lowest BCUT2D eigenvalue weighted by Gasteiger charge is -2.34. The molecule has 0 aromatic heterocycles. The first-order valence-electron chi connectivity index (χ1n) is 13.2. The summed E-state index contributed by atoms with van der Waals surface area (Å²) in [5, 5.41) is 0. The highest BCUT2D eigenvalue weighted by Gasteiger charge is 2.32. The first kappa shape index (κ1) is 30.5. The maximum Gasteiger partial charge on any atom is 0.173 e. The van der Waals surface area contributed by atoms with Crippen molar-refractivity contribution in [1.29, 1.82) is 0 Å². The third-order valence-electron chi connectivity index (χ3n) is 6.16. The van der Waals surface area contributed by atoms with E-state index in [0.717, 1.165) is 45.1 Å². The smallest absolute Gasteiger partial charge is 0.173 e. The van der Waals surface area contributed by atoms with Crippen LogP contribution in [-0.2, 0) is 18.3 Å². The average Bonchev–Trinajstić information content (AvgIpc) is 2.77. The van der Waals surface area contributed by atoms with Gasteiger partial charge in [0.15, 0.2) is 16.6 Å². The van der Waals surface area contributed by atoms with E-state index >= 15 is 0 Å². The molecule has 1 aromatic carbocycles. The highest BCUT2D eigenvalue weighted by Crippen LogP contribution is 2.26. The van der Waals surface area contributed by atoms with E-state index in [0.29, 0.717) is 19.1 Å². The standard InChI is InChI=1S/C27H52O4Si2/c1-7-8-10-15-27(26-16-11-9-12-17-26)18-21-29-19-13-24-32(3,4)31-33(5,6)25-14-20-30-23-22-28-2/h9,11-12,16-17,27H,7-8,10,13-15,18-25H2,1-6H3. The number of rotatable bonds is 21. The van der Waals surface area contributed by atoms with Crippen molar-refractivity contribution in [3.8, 4) is 0 Å². The van der Waals surface area contributed by atoms with Gasteiger partial charge in [-0.1, -0.05) is 56.5 Å². The quantitative estimate of drug-likeness (QED) is 0.129. The van der Waals surface area contributed by atoms with Crippen molar-refractivity contribution in [3.63, 3.8) is 0 Å². The number of hydrogen-bond acceptors (Lipinski definition) is 4. The number of hydrogen-bond donors (Lipinski definition) is 0. The molecular formula is C27H52O4Si2. The van der Waals surface area contributed by atoms with Crippen LogP contribution in [-0.4, -0.2) is 56.8 Å². The molecule has 33 heavy (non-hydrogen) atoms. The van der Waals surface area contributed by atoms with Gasteiger partial charge in [-0.05, 0) is 75.4 Å². The normalized spacial score (nSPS) is 13.4. The summed E-state index contributed by atoms with van der Waals surface area (Å²) in [6.07, 6.45) is 8.49. The van der Waals surface area contributed by atoms with Crippen molar-refractivity contribution in [1.82, 2.24) is 0 Å². The lowest BCUT2D eigenvalue weighted by molar-refractivity contribution is 0.0707. The third-order valence-corrected chi connectivity index (χ3v) is 13.7. The highest BCUT2D eigenvalue weighted by molar-refractivity contribution is 6.84. The minimum Gasteiger partial charge on any atom is -0.455 e. The van der Waals surface area contributed by atoms with Crippen molar-refractivity contribution in [2.45, 2.75) is 96.1 Å². The van der Waals surface area contributed by atoms with Crippen molar-refractivity contribution in [3.05, 3.63) is 35.9 Å². The summed E-state index contributed by atoms with van der Waals surface area (Å²) >= 11 is 0. The second-order valence-electron chi connectivity index (χ2n) is 10.4. The second-order valence-corrected chi connectivity index (χ2v) is 19.3. The van der Waals surface area contributed by atoms with Crippen LogP contribution in [0, 0.1) is 0 Å². The van der Waals surface area contributed by atoms with E-state index in [9.17, 15) is 0 Å². The van der Waals surface area contributed by atoms with Crippen LogP contribution in [0.5, 0.6) is 0 Å². The van der Waals surface area contributed by atoms with Crippen LogP contribution >= 0.6 is 0 Å². The topological polar surface area (TPSA) is 36.9 Å². The van der Waals surface area contributed by atoms with Gasteiger partial charge in [-0.25, -0.2) is 0 Å². The van der Waals surface area contributed by atoms with Crippen LogP contribution in [0.25, 0.3) is 0 Å². The molecule has 192 valence electrons. The number of ether oxygens (including phenoxy) is 3. The molecule has 0 saturated heterocycles. The largest absolute Gasteiger partial charge is 0.455 e. The Morgan fingerprint density at radius 2 is 1.30 bits per heavy atom. The van der Waals surface area contributed by atoms with Gasteiger partial charge in [-0.15, -0.1) is 0 Å². The molecule has 0 bridgehead atoms. The van der Waals surface area contributed by atoms with E-state index in [1.165, 1.54) is 37.3 Å². The zero-order valence-corrected chi connectivity index (χ0v) is 24.5. The molecule has 6 heteroatoms. The predicted octanol–water partition coefficient (Wildman–Crippen LogP) is 7.63. The van der Waals surface area contributed by atoms with Crippen molar-refractivity contribution < 1.29 is 18.3 Å². The van der Waals surface area contributed by atoms with Gasteiger partial charge < -0.3 is 18.3 Å². The molecule has 0 radical (unpaired) electrons. The SMILES string of the molecule is CCCCCC(CCOCCC[Si](C)(C)O[Si](C)(C)CCCOCCOC)c1ccccc1. The Kier molecular flexibility index (Phi) is 16.5. The van der Waals surface area contributed by atoms with E-state index in [2.05, 4.69) is 63.4 Å². The lowest BCUT2D eigenvalue weighted by atomic mass is 9.91. The Labute approximate surface area is 207 Å². The monoisotopic (exact) mass is 496 g/mol. The Hall–Kier alpha value is -0.506. The van der Waals surface area contributed by atoms with E-state index in [-0.39, 0.29) is 0 Å². The molecule has 1 atom stereocenters. The van der Waals surface area contributed by atoms with Crippen LogP contribution in [0.2, 0.25) is 38.3 Å². The maximum atomic E-state index is 6.75. The molecule has 0 aliphatic heterocycles. The maximum absolute atomic E-state index is 6.75. The molecule has 0 amide bonds. The molecule has 0 spiro atoms. The van der Waals surface area contributed by atoms with Crippen molar-refractivity contribution in [2.24, 2.45) is 0 Å². The van der Waals surface area contributed by atoms with Gasteiger partial charge in [0.05, 0.1) is 13.2 Å². The molecule has 0 aliphatic carbocycles. The number of methoxy groups -OCH3 is 1. The summed E-state index contributed by atoms with van der Waals surface area (Å²) in [6, 6.07) is 13.3. The summed E-state index contributed by atoms with van der Waals surface area (Å²) in [5.74, 6) is 0.622. The van der Waals surface area contributed by atoms with Gasteiger partial charge in [-0.2, -0.15) is 0 Å². The van der Waals surface area contributed by atoms with Crippen LogP contribution in [0.15, 0.2) is 30.3 Å². The fourth-order valence-electron chi connectivity index (χ4n) is 4.47. The second kappa shape index (κ2) is 17.9. The van der Waals surface area contributed by atoms with Crippen molar-refractivity contribution in [2.75, 3.05) is 40.1 Å². The molecule has 1 unspecified atom stereocenters. The van der Waals surface area contributed by atoms with Crippen LogP contribution in [0.3, 0.4) is 0 Å². The van der Waals surface area contributed by atoms with E-state index in [1.807, 2.05) is 0 Å². The minimum atomic E-state index is -1.66. The molecule has 0 fully saturated rings. The summed E-state index contributed by atoms with van der Waals surface area (Å²) in [4.78, 5) is 0. The minimum absolute atomic E-state index is 0.622. The Balaban J connectivity index is 2.25. The Morgan fingerprint density at radius 3 is 1.88 bits per heavy atom. The average molecular weight is 497 g/mol. The van der Waals surface area contributed by atoms with E-state index < -0.39 is 16.6 Å². The van der Waals surface area contributed by atoms with Gasteiger partial charge in [-0.3, -0.25) is 0 Å². The predicted molar refractivity (Wildman–Crippen MR) is 146 cm³/mol. The molecule has 0 aliphatic rings. The zero-order chi connectivity index (χ0) is 24.4. The molecular weight excluding hydrogens is 444 g/mol. The Morgan fingerprint density at radius 1 is 0.697 bits per heavy atom. The molecule has 1 rings (SSSR count). The van der Waals surface area contributed by atoms with Gasteiger partial charge >= 0.3 is 0 Å². The van der Waals surface area contributed by atoms with Gasteiger partial charge in [0.25, 0.3) is 0 Å². The van der Waals surface area contributed by atoms with E-state index in [1.54, 1.807) is 7.11 Å². The molecule has 0 saturated carbocycles. The third kappa shape index (κ3) is 15.9. The van der Waals surface area contributed by atoms with Gasteiger partial charge in [0.2, 0.25) is 0 Å². The van der Waals surface area contributed by atoms with Gasteiger partial charge in [0.1, 0.15) is 0 Å². The Bertz CT molecular complexity index is 581. The number of unbranched alkanes of at least 4 members (excludes halogenated alkanes) is 2. The fourth-order valence-corrected chi connectivity index (χ4v) is 13.3. The first-order valence-corrected chi connectivity index (χ1v) is 19.4. The van der Waals surface area contributed by atoms with Crippen molar-refractivity contribution >= 4 is 16.6 Å². The summed E-state index contributed by atoms with van der Waals surface area (Å²) in [5.41, 5.74) is 1.47. The number of benzene rings is 1. The summed E-state index contributed by atoms with van der Waals surface area (Å²) in [6.45, 7) is 15.6. The molecule has 1 aromatic rings. The molecule has 0 heterocycles. The first-order chi connectivity index (χ1) is 15.8. The summed E-state index contributed by atoms with van der Waals surface area (Å²) < 4.78 is 23.5. The fraction of sp³-hybridized carbons (Fsp3) is 0.778. The van der Waals surface area contributed by atoms with Gasteiger partial charge in [0, 0.05) is 26.9 Å². The lowest BCUT2D eigenvalue weighted by Crippen LogP contribution is -2.44. The van der Waals surface area contributed by atoms with E-state index in [4.69, 9.17) is 18.3 Å². The highest BCUT2D eigenvalue weighted by atomic mass is 28.4. The van der Waals surface area contributed by atoms with Crippen LogP contribution in [0.1, 0.15) is 63.4 Å². The molecule has 4 nitrogen and oxygen atoms in total. The molecule has 0 N–H and O–H groups in total. The van der Waals surface area contributed by atoms with Crippen LogP contribution in [0.4, 0.5) is 0 Å². The summed E-state index contributed by atoms with van der Waals surface area (Å²) in [7, 11) is -1.59. The zero-order valence-electron chi connectivity index (χ0n) is 22.5. The van der Waals surface area contributed by atoms with Crippen LogP contribution < -0.4 is 0 Å².